The molecule has 1 atom stereocenters. The van der Waals surface area contributed by atoms with Crippen LogP contribution < -0.4 is 5.73 Å². The van der Waals surface area contributed by atoms with Crippen LogP contribution in [0.25, 0.3) is 39.0 Å². The molecule has 2 heteroatoms. The highest BCUT2D eigenvalue weighted by Crippen LogP contribution is 2.35. The van der Waals surface area contributed by atoms with Crippen molar-refractivity contribution < 1.29 is 0 Å². The third kappa shape index (κ3) is 6.62. The number of benzene rings is 5. The molecule has 0 bridgehead atoms. The molecule has 0 heterocycles. The van der Waals surface area contributed by atoms with E-state index in [9.17, 15) is 0 Å². The van der Waals surface area contributed by atoms with Crippen molar-refractivity contribution in [3.05, 3.63) is 186 Å². The molecule has 5 aromatic carbocycles. The summed E-state index contributed by atoms with van der Waals surface area (Å²) in [4.78, 5) is 5.06. The molecule has 46 heavy (non-hydrogen) atoms. The van der Waals surface area contributed by atoms with Gasteiger partial charge in [-0.25, -0.2) is 0 Å². The third-order valence-electron chi connectivity index (χ3n) is 8.82. The Hall–Kier alpha value is -5.47. The Bertz CT molecular complexity index is 1960. The SMILES string of the molecule is NC(=NC(C1=CCCC=C1)c1ccccc1)c1ccc(-c2cc(-c3ccccc3)cc(-c3ccc(C4=CCCC=C4)cc3)c2)cc1. The lowest BCUT2D eigenvalue weighted by atomic mass is 9.92. The number of allylic oxidation sites excluding steroid dienone is 6. The summed E-state index contributed by atoms with van der Waals surface area (Å²) < 4.78 is 0. The Balaban J connectivity index is 1.22. The summed E-state index contributed by atoms with van der Waals surface area (Å²) in [6.07, 6.45) is 17.9. The summed E-state index contributed by atoms with van der Waals surface area (Å²) in [5.41, 5.74) is 19.6. The van der Waals surface area contributed by atoms with Crippen LogP contribution in [0.1, 0.15) is 48.4 Å². The number of hydrogen-bond donors (Lipinski definition) is 1. The van der Waals surface area contributed by atoms with Crippen LogP contribution in [-0.2, 0) is 0 Å². The van der Waals surface area contributed by atoms with Crippen LogP contribution in [0.4, 0.5) is 0 Å². The molecule has 0 saturated heterocycles. The number of nitrogens with two attached hydrogens (primary N) is 1. The lowest BCUT2D eigenvalue weighted by Crippen LogP contribution is -2.16. The van der Waals surface area contributed by atoms with Gasteiger partial charge in [0.15, 0.2) is 0 Å². The second kappa shape index (κ2) is 13.7. The van der Waals surface area contributed by atoms with Crippen molar-refractivity contribution in [1.82, 2.24) is 0 Å². The highest BCUT2D eigenvalue weighted by Gasteiger charge is 2.16. The summed E-state index contributed by atoms with van der Waals surface area (Å²) in [5.74, 6) is 0.544. The smallest absolute Gasteiger partial charge is 0.126 e. The molecule has 2 nitrogen and oxygen atoms in total. The van der Waals surface area contributed by atoms with Gasteiger partial charge < -0.3 is 5.73 Å². The molecule has 0 saturated carbocycles. The zero-order valence-electron chi connectivity index (χ0n) is 26.0. The maximum atomic E-state index is 6.69. The summed E-state index contributed by atoms with van der Waals surface area (Å²) in [6.45, 7) is 0. The van der Waals surface area contributed by atoms with E-state index in [-0.39, 0.29) is 6.04 Å². The van der Waals surface area contributed by atoms with Gasteiger partial charge in [0.05, 0.1) is 0 Å². The minimum Gasteiger partial charge on any atom is -0.383 e. The molecular weight excluding hydrogens is 556 g/mol. The fraction of sp³-hybridized carbons (Fsp3) is 0.114. The zero-order valence-corrected chi connectivity index (χ0v) is 26.0. The molecule has 0 radical (unpaired) electrons. The van der Waals surface area contributed by atoms with E-state index in [4.69, 9.17) is 10.7 Å². The molecule has 1 unspecified atom stereocenters. The van der Waals surface area contributed by atoms with Gasteiger partial charge in [0, 0.05) is 5.56 Å². The number of nitrogens with zero attached hydrogens (tertiary/aromatic N) is 1. The van der Waals surface area contributed by atoms with Crippen molar-refractivity contribution in [2.75, 3.05) is 0 Å². The van der Waals surface area contributed by atoms with Gasteiger partial charge in [-0.2, -0.15) is 0 Å². The maximum absolute atomic E-state index is 6.69. The molecule has 7 rings (SSSR count). The first kappa shape index (κ1) is 29.3. The maximum Gasteiger partial charge on any atom is 0.126 e. The Morgan fingerprint density at radius 3 is 1.59 bits per heavy atom. The zero-order chi connectivity index (χ0) is 31.1. The molecule has 0 aromatic heterocycles. The van der Waals surface area contributed by atoms with Crippen LogP contribution in [0.3, 0.4) is 0 Å². The van der Waals surface area contributed by atoms with Crippen molar-refractivity contribution in [1.29, 1.82) is 0 Å². The standard InChI is InChI=1S/C44H38N2/c45-44(46-43(37-17-9-3-10-18-37)38-19-11-4-12-20-38)39-27-25-36(26-28-39)42-30-40(33-15-7-2-8-16-33)29-41(31-42)35-23-21-34(22-24-35)32-13-5-1-6-14-32/h2-3,5,7-11,13-31,43H,1,4,6,12H2,(H2,45,46). The van der Waals surface area contributed by atoms with Gasteiger partial charge >= 0.3 is 0 Å². The first-order valence-electron chi connectivity index (χ1n) is 16.2. The molecule has 0 amide bonds. The third-order valence-corrected chi connectivity index (χ3v) is 8.82. The lowest BCUT2D eigenvalue weighted by Gasteiger charge is -2.18. The van der Waals surface area contributed by atoms with E-state index in [0.29, 0.717) is 5.84 Å². The van der Waals surface area contributed by atoms with Crippen molar-refractivity contribution in [3.8, 4) is 33.4 Å². The second-order valence-electron chi connectivity index (χ2n) is 12.0. The first-order chi connectivity index (χ1) is 22.7. The number of amidine groups is 1. The van der Waals surface area contributed by atoms with Crippen molar-refractivity contribution >= 4 is 11.4 Å². The van der Waals surface area contributed by atoms with Gasteiger partial charge in [0.25, 0.3) is 0 Å². The molecular formula is C44H38N2. The van der Waals surface area contributed by atoms with Gasteiger partial charge in [-0.15, -0.1) is 0 Å². The van der Waals surface area contributed by atoms with Crippen LogP contribution in [-0.4, -0.2) is 5.84 Å². The van der Waals surface area contributed by atoms with Crippen LogP contribution >= 0.6 is 0 Å². The number of aliphatic imine (C=N–C) groups is 1. The van der Waals surface area contributed by atoms with Crippen LogP contribution in [0.15, 0.2) is 174 Å². The van der Waals surface area contributed by atoms with E-state index in [1.807, 2.05) is 6.07 Å². The minimum atomic E-state index is -0.126. The molecule has 0 fully saturated rings. The van der Waals surface area contributed by atoms with Crippen molar-refractivity contribution in [2.24, 2.45) is 10.7 Å². The molecule has 0 aliphatic heterocycles. The fourth-order valence-corrected chi connectivity index (χ4v) is 6.30. The quantitative estimate of drug-likeness (QED) is 0.141. The van der Waals surface area contributed by atoms with E-state index in [2.05, 4.69) is 158 Å². The molecule has 2 aliphatic rings. The highest BCUT2D eigenvalue weighted by molar-refractivity contribution is 5.98. The number of hydrogen-bond acceptors (Lipinski definition) is 1. The molecule has 2 N–H and O–H groups in total. The predicted octanol–water partition coefficient (Wildman–Crippen LogP) is 11.1. The van der Waals surface area contributed by atoms with E-state index in [1.165, 1.54) is 44.5 Å². The van der Waals surface area contributed by atoms with E-state index in [1.54, 1.807) is 0 Å². The summed E-state index contributed by atoms with van der Waals surface area (Å²) in [5, 5.41) is 0. The highest BCUT2D eigenvalue weighted by atomic mass is 14.9. The average molecular weight is 595 g/mol. The Morgan fingerprint density at radius 2 is 1.02 bits per heavy atom. The summed E-state index contributed by atoms with van der Waals surface area (Å²) in [7, 11) is 0. The van der Waals surface area contributed by atoms with E-state index >= 15 is 0 Å². The second-order valence-corrected chi connectivity index (χ2v) is 12.0. The minimum absolute atomic E-state index is 0.126. The van der Waals surface area contributed by atoms with Gasteiger partial charge in [0.1, 0.15) is 11.9 Å². The number of rotatable bonds is 8. The van der Waals surface area contributed by atoms with Crippen molar-refractivity contribution in [3.63, 3.8) is 0 Å². The molecule has 2 aliphatic carbocycles. The Morgan fingerprint density at radius 1 is 0.500 bits per heavy atom. The summed E-state index contributed by atoms with van der Waals surface area (Å²) in [6, 6.07) is 45.3. The average Bonchev–Trinajstić information content (AvgIpc) is 3.15. The van der Waals surface area contributed by atoms with Crippen molar-refractivity contribution in [2.45, 2.75) is 31.7 Å². The molecule has 224 valence electrons. The topological polar surface area (TPSA) is 38.4 Å². The van der Waals surface area contributed by atoms with Gasteiger partial charge in [-0.05, 0) is 99.5 Å². The Labute approximate surface area is 272 Å². The predicted molar refractivity (Wildman–Crippen MR) is 195 cm³/mol. The van der Waals surface area contributed by atoms with Gasteiger partial charge in [0.2, 0.25) is 0 Å². The fourth-order valence-electron chi connectivity index (χ4n) is 6.30. The van der Waals surface area contributed by atoms with Crippen LogP contribution in [0.2, 0.25) is 0 Å². The summed E-state index contributed by atoms with van der Waals surface area (Å²) >= 11 is 0. The van der Waals surface area contributed by atoms with Gasteiger partial charge in [-0.3, -0.25) is 4.99 Å². The first-order valence-corrected chi connectivity index (χ1v) is 16.2. The van der Waals surface area contributed by atoms with Crippen LogP contribution in [0, 0.1) is 0 Å². The van der Waals surface area contributed by atoms with E-state index in [0.717, 1.165) is 42.4 Å². The van der Waals surface area contributed by atoms with Gasteiger partial charge in [-0.1, -0.05) is 146 Å². The van der Waals surface area contributed by atoms with E-state index < -0.39 is 0 Å². The molecule has 0 spiro atoms. The Kier molecular flexibility index (Phi) is 8.69. The lowest BCUT2D eigenvalue weighted by molar-refractivity contribution is 0.843. The van der Waals surface area contributed by atoms with Crippen LogP contribution in [0.5, 0.6) is 0 Å². The monoisotopic (exact) mass is 594 g/mol. The normalized spacial score (nSPS) is 15.3. The molecule has 5 aromatic rings. The largest absolute Gasteiger partial charge is 0.383 e.